The Labute approximate surface area is 170 Å². The Bertz CT molecular complexity index is 949. The Morgan fingerprint density at radius 1 is 1.14 bits per heavy atom. The molecular weight excluding hydrogens is 370 g/mol. The minimum Gasteiger partial charge on any atom is -0.494 e. The van der Waals surface area contributed by atoms with Gasteiger partial charge in [-0.05, 0) is 29.7 Å². The molecule has 0 radical (unpaired) electrons. The molecule has 3 rings (SSSR count). The van der Waals surface area contributed by atoms with Crippen molar-refractivity contribution < 1.29 is 19.1 Å². The number of imide groups is 1. The van der Waals surface area contributed by atoms with Crippen LogP contribution in [0, 0.1) is 0 Å². The first kappa shape index (κ1) is 20.4. The highest BCUT2D eigenvalue weighted by Crippen LogP contribution is 2.41. The highest BCUT2D eigenvalue weighted by atomic mass is 16.5. The molecule has 2 N–H and O–H groups in total. The molecule has 1 saturated heterocycles. The zero-order valence-electron chi connectivity index (χ0n) is 17.0. The average Bonchev–Trinajstić information content (AvgIpc) is 2.67. The summed E-state index contributed by atoms with van der Waals surface area (Å²) in [5, 5.41) is 5.23. The normalized spacial score (nSPS) is 14.4. The van der Waals surface area contributed by atoms with Crippen LogP contribution >= 0.6 is 0 Å². The summed E-state index contributed by atoms with van der Waals surface area (Å²) in [7, 11) is 1.55. The third-order valence-corrected chi connectivity index (χ3v) is 4.74. The van der Waals surface area contributed by atoms with Crippen molar-refractivity contribution >= 4 is 29.2 Å². The van der Waals surface area contributed by atoms with Crippen LogP contribution in [0.3, 0.4) is 0 Å². The maximum absolute atomic E-state index is 12.7. The third-order valence-electron chi connectivity index (χ3n) is 4.74. The highest BCUT2D eigenvalue weighted by Gasteiger charge is 2.29. The van der Waals surface area contributed by atoms with E-state index in [-0.39, 0.29) is 30.2 Å². The van der Waals surface area contributed by atoms with Gasteiger partial charge in [0.2, 0.25) is 5.91 Å². The van der Waals surface area contributed by atoms with Crippen molar-refractivity contribution in [3.63, 3.8) is 0 Å². The van der Waals surface area contributed by atoms with Gasteiger partial charge in [0.15, 0.2) is 0 Å². The number of benzene rings is 2. The zero-order chi connectivity index (χ0) is 21.2. The SMILES string of the molecule is COc1c(NC(=O)c2ccccc2)cc(N2CCC(=O)NC2=O)cc1C(C)(C)C. The largest absolute Gasteiger partial charge is 0.494 e. The first-order chi connectivity index (χ1) is 13.7. The van der Waals surface area contributed by atoms with Crippen molar-refractivity contribution in [3.05, 3.63) is 53.6 Å². The molecule has 0 atom stereocenters. The van der Waals surface area contributed by atoms with Crippen LogP contribution in [0.1, 0.15) is 43.1 Å². The maximum Gasteiger partial charge on any atom is 0.328 e. The quantitative estimate of drug-likeness (QED) is 0.826. The minimum absolute atomic E-state index is 0.217. The number of ether oxygens (including phenoxy) is 1. The van der Waals surface area contributed by atoms with Crippen LogP contribution < -0.4 is 20.3 Å². The molecule has 0 aromatic heterocycles. The van der Waals surface area contributed by atoms with E-state index in [1.807, 2.05) is 32.9 Å². The summed E-state index contributed by atoms with van der Waals surface area (Å²) in [6, 6.07) is 11.9. The first-order valence-electron chi connectivity index (χ1n) is 9.41. The van der Waals surface area contributed by atoms with Crippen molar-refractivity contribution in [3.8, 4) is 5.75 Å². The molecular formula is C22H25N3O4. The lowest BCUT2D eigenvalue weighted by molar-refractivity contribution is -0.120. The number of nitrogens with one attached hydrogen (secondary N) is 2. The molecule has 0 spiro atoms. The van der Waals surface area contributed by atoms with Crippen LogP contribution in [0.2, 0.25) is 0 Å². The molecule has 0 bridgehead atoms. The number of methoxy groups -OCH3 is 1. The summed E-state index contributed by atoms with van der Waals surface area (Å²) in [4.78, 5) is 38.1. The molecule has 1 fully saturated rings. The number of amides is 4. The van der Waals surface area contributed by atoms with E-state index in [0.29, 0.717) is 22.7 Å². The Morgan fingerprint density at radius 2 is 1.83 bits per heavy atom. The second-order valence-corrected chi connectivity index (χ2v) is 7.90. The second kappa shape index (κ2) is 7.95. The van der Waals surface area contributed by atoms with E-state index in [4.69, 9.17) is 4.74 Å². The Morgan fingerprint density at radius 3 is 2.41 bits per heavy atom. The smallest absolute Gasteiger partial charge is 0.328 e. The molecule has 7 heteroatoms. The molecule has 2 aromatic rings. The van der Waals surface area contributed by atoms with Gasteiger partial charge in [-0.2, -0.15) is 0 Å². The molecule has 29 heavy (non-hydrogen) atoms. The van der Waals surface area contributed by atoms with Crippen molar-refractivity contribution in [2.24, 2.45) is 0 Å². The summed E-state index contributed by atoms with van der Waals surface area (Å²) < 4.78 is 5.64. The van der Waals surface area contributed by atoms with Crippen LogP contribution in [0.5, 0.6) is 5.75 Å². The standard InChI is InChI=1S/C22H25N3O4/c1-22(2,3)16-12-15(25-11-10-18(26)24-21(25)28)13-17(19(16)29-4)23-20(27)14-8-6-5-7-9-14/h5-9,12-13H,10-11H2,1-4H3,(H,23,27)(H,24,26,28). The lowest BCUT2D eigenvalue weighted by Crippen LogP contribution is -2.49. The van der Waals surface area contributed by atoms with Crippen LogP contribution in [0.25, 0.3) is 0 Å². The number of anilines is 2. The predicted octanol–water partition coefficient (Wildman–Crippen LogP) is 3.69. The van der Waals surface area contributed by atoms with E-state index in [1.54, 1.807) is 37.4 Å². The van der Waals surface area contributed by atoms with Crippen LogP contribution in [-0.2, 0) is 10.2 Å². The van der Waals surface area contributed by atoms with E-state index in [1.165, 1.54) is 4.90 Å². The molecule has 1 aliphatic heterocycles. The lowest BCUT2D eigenvalue weighted by atomic mass is 9.85. The van der Waals surface area contributed by atoms with Gasteiger partial charge in [0, 0.05) is 29.8 Å². The van der Waals surface area contributed by atoms with Gasteiger partial charge in [0.05, 0.1) is 12.8 Å². The number of hydrogen-bond donors (Lipinski definition) is 2. The Hall–Kier alpha value is -3.35. The van der Waals surface area contributed by atoms with Gasteiger partial charge in [-0.1, -0.05) is 39.0 Å². The number of urea groups is 1. The van der Waals surface area contributed by atoms with E-state index >= 15 is 0 Å². The summed E-state index contributed by atoms with van der Waals surface area (Å²) in [6.07, 6.45) is 0.217. The van der Waals surface area contributed by atoms with Gasteiger partial charge < -0.3 is 10.1 Å². The van der Waals surface area contributed by atoms with E-state index in [2.05, 4.69) is 10.6 Å². The number of nitrogens with zero attached hydrogens (tertiary/aromatic N) is 1. The van der Waals surface area contributed by atoms with Gasteiger partial charge in [0.25, 0.3) is 5.91 Å². The van der Waals surface area contributed by atoms with Gasteiger partial charge in [-0.3, -0.25) is 19.8 Å². The third kappa shape index (κ3) is 4.39. The van der Waals surface area contributed by atoms with E-state index in [0.717, 1.165) is 5.56 Å². The summed E-state index contributed by atoms with van der Waals surface area (Å²) >= 11 is 0. The van der Waals surface area contributed by atoms with Gasteiger partial charge in [-0.25, -0.2) is 4.79 Å². The first-order valence-corrected chi connectivity index (χ1v) is 9.41. The zero-order valence-corrected chi connectivity index (χ0v) is 17.0. The number of carbonyl (C=O) groups excluding carboxylic acids is 3. The van der Waals surface area contributed by atoms with Gasteiger partial charge in [0.1, 0.15) is 5.75 Å². The lowest BCUT2D eigenvalue weighted by Gasteiger charge is -2.30. The molecule has 1 aliphatic rings. The number of hydrogen-bond acceptors (Lipinski definition) is 4. The summed E-state index contributed by atoms with van der Waals surface area (Å²) in [6.45, 7) is 6.35. The Kier molecular flexibility index (Phi) is 5.59. The van der Waals surface area contributed by atoms with Crippen LogP contribution in [-0.4, -0.2) is 31.5 Å². The van der Waals surface area contributed by atoms with Gasteiger partial charge >= 0.3 is 6.03 Å². The molecule has 0 unspecified atom stereocenters. The maximum atomic E-state index is 12.7. The van der Waals surface area contributed by atoms with Gasteiger partial charge in [-0.15, -0.1) is 0 Å². The molecule has 2 aromatic carbocycles. The number of carbonyl (C=O) groups is 3. The van der Waals surface area contributed by atoms with E-state index < -0.39 is 6.03 Å². The molecule has 0 saturated carbocycles. The summed E-state index contributed by atoms with van der Waals surface area (Å²) in [5.41, 5.74) is 2.09. The monoisotopic (exact) mass is 395 g/mol. The highest BCUT2D eigenvalue weighted by molar-refractivity contribution is 6.08. The van der Waals surface area contributed by atoms with Crippen molar-refractivity contribution in [1.82, 2.24) is 5.32 Å². The second-order valence-electron chi connectivity index (χ2n) is 7.90. The molecule has 1 heterocycles. The minimum atomic E-state index is -0.480. The topological polar surface area (TPSA) is 87.7 Å². The van der Waals surface area contributed by atoms with E-state index in [9.17, 15) is 14.4 Å². The molecule has 0 aliphatic carbocycles. The number of rotatable bonds is 4. The molecule has 4 amide bonds. The fourth-order valence-electron chi connectivity index (χ4n) is 3.23. The predicted molar refractivity (Wildman–Crippen MR) is 112 cm³/mol. The molecule has 7 nitrogen and oxygen atoms in total. The molecule has 152 valence electrons. The summed E-state index contributed by atoms with van der Waals surface area (Å²) in [5.74, 6) is -0.0355. The van der Waals surface area contributed by atoms with Crippen LogP contribution in [0.4, 0.5) is 16.2 Å². The van der Waals surface area contributed by atoms with Crippen molar-refractivity contribution in [2.75, 3.05) is 23.9 Å². The van der Waals surface area contributed by atoms with Crippen LogP contribution in [0.15, 0.2) is 42.5 Å². The fraction of sp³-hybridized carbons (Fsp3) is 0.318. The average molecular weight is 395 g/mol. The fourth-order valence-corrected chi connectivity index (χ4v) is 3.23. The van der Waals surface area contributed by atoms with Crippen molar-refractivity contribution in [1.29, 1.82) is 0 Å². The Balaban J connectivity index is 2.07. The van der Waals surface area contributed by atoms with Crippen molar-refractivity contribution in [2.45, 2.75) is 32.6 Å².